The third-order valence-electron chi connectivity index (χ3n) is 6.67. The first-order valence-electron chi connectivity index (χ1n) is 12.2. The number of hydrogen-bond donors (Lipinski definition) is 0. The van der Waals surface area contributed by atoms with Crippen LogP contribution in [0.1, 0.15) is 47.3 Å². The highest BCUT2D eigenvalue weighted by molar-refractivity contribution is 7.19. The number of likely N-dealkylation sites (N-methyl/N-ethyl adjacent to an activating group) is 1. The van der Waals surface area contributed by atoms with Gasteiger partial charge in [-0.2, -0.15) is 0 Å². The SMILES string of the molecule is CCOC(=O)c1c(CN(CC)CC)nc2sc3c(c2c1-c1ccc(OC)c(OC)c1)CCN(C)C3. The number of nitrogens with zero attached hydrogens (tertiary/aromatic N) is 3. The Labute approximate surface area is 211 Å². The zero-order valence-corrected chi connectivity index (χ0v) is 22.4. The standard InChI is InChI=1S/C27H35N3O4S/c1-7-30(8-2)15-19-25(27(31)34-9-3)23(17-10-11-20(32-5)21(14-17)33-6)24-18-12-13-29(4)16-22(18)35-26(24)28-19/h10-11,14H,7-9,12-13,15-16H2,1-6H3. The van der Waals surface area contributed by atoms with E-state index in [0.717, 1.165) is 59.6 Å². The van der Waals surface area contributed by atoms with E-state index in [1.807, 2.05) is 25.1 Å². The van der Waals surface area contributed by atoms with Crippen molar-refractivity contribution in [3.8, 4) is 22.6 Å². The lowest BCUT2D eigenvalue weighted by Crippen LogP contribution is -2.26. The predicted molar refractivity (Wildman–Crippen MR) is 141 cm³/mol. The van der Waals surface area contributed by atoms with Gasteiger partial charge >= 0.3 is 5.97 Å². The van der Waals surface area contributed by atoms with Crippen LogP contribution in [-0.2, 0) is 24.2 Å². The summed E-state index contributed by atoms with van der Waals surface area (Å²) in [5.41, 5.74) is 4.40. The largest absolute Gasteiger partial charge is 0.493 e. The number of methoxy groups -OCH3 is 2. The summed E-state index contributed by atoms with van der Waals surface area (Å²) in [5, 5.41) is 1.07. The van der Waals surface area contributed by atoms with Gasteiger partial charge in [0.25, 0.3) is 0 Å². The zero-order chi connectivity index (χ0) is 25.1. The van der Waals surface area contributed by atoms with Crippen LogP contribution >= 0.6 is 11.3 Å². The van der Waals surface area contributed by atoms with Crippen LogP contribution in [0, 0.1) is 0 Å². The fourth-order valence-electron chi connectivity index (χ4n) is 4.78. The molecule has 1 aliphatic heterocycles. The zero-order valence-electron chi connectivity index (χ0n) is 21.6. The van der Waals surface area contributed by atoms with Crippen molar-refractivity contribution in [1.29, 1.82) is 0 Å². The number of hydrogen-bond acceptors (Lipinski definition) is 8. The predicted octanol–water partition coefficient (Wildman–Crippen LogP) is 4.99. The molecule has 0 fully saturated rings. The van der Waals surface area contributed by atoms with E-state index in [4.69, 9.17) is 19.2 Å². The summed E-state index contributed by atoms with van der Waals surface area (Å²) in [5.74, 6) is 0.942. The molecule has 0 amide bonds. The molecule has 0 bridgehead atoms. The molecule has 0 saturated heterocycles. The van der Waals surface area contributed by atoms with Gasteiger partial charge in [-0.3, -0.25) is 4.90 Å². The van der Waals surface area contributed by atoms with E-state index in [1.54, 1.807) is 25.6 Å². The van der Waals surface area contributed by atoms with Gasteiger partial charge in [0.15, 0.2) is 11.5 Å². The summed E-state index contributed by atoms with van der Waals surface area (Å²) in [6, 6.07) is 5.85. The fraction of sp³-hybridized carbons (Fsp3) is 0.481. The van der Waals surface area contributed by atoms with Crippen molar-refractivity contribution in [3.05, 3.63) is 39.9 Å². The monoisotopic (exact) mass is 497 g/mol. The van der Waals surface area contributed by atoms with Gasteiger partial charge in [0, 0.05) is 35.5 Å². The molecule has 1 aliphatic rings. The van der Waals surface area contributed by atoms with Crippen LogP contribution < -0.4 is 9.47 Å². The van der Waals surface area contributed by atoms with E-state index >= 15 is 0 Å². The number of thiophene rings is 1. The minimum atomic E-state index is -0.332. The van der Waals surface area contributed by atoms with Gasteiger partial charge < -0.3 is 19.1 Å². The van der Waals surface area contributed by atoms with Crippen molar-refractivity contribution in [3.63, 3.8) is 0 Å². The Kier molecular flexibility index (Phi) is 7.94. The third kappa shape index (κ3) is 4.87. The van der Waals surface area contributed by atoms with Gasteiger partial charge in [-0.25, -0.2) is 9.78 Å². The van der Waals surface area contributed by atoms with E-state index in [2.05, 4.69) is 30.7 Å². The van der Waals surface area contributed by atoms with Crippen molar-refractivity contribution in [2.24, 2.45) is 0 Å². The van der Waals surface area contributed by atoms with Crippen LogP contribution in [0.3, 0.4) is 0 Å². The summed E-state index contributed by atoms with van der Waals surface area (Å²) in [7, 11) is 5.40. The molecule has 35 heavy (non-hydrogen) atoms. The smallest absolute Gasteiger partial charge is 0.340 e. The van der Waals surface area contributed by atoms with Gasteiger partial charge in [-0.1, -0.05) is 19.9 Å². The normalized spacial score (nSPS) is 13.8. The molecule has 7 nitrogen and oxygen atoms in total. The van der Waals surface area contributed by atoms with Crippen LogP contribution in [0.5, 0.6) is 11.5 Å². The molecular formula is C27H35N3O4S. The third-order valence-corrected chi connectivity index (χ3v) is 7.78. The summed E-state index contributed by atoms with van der Waals surface area (Å²) >= 11 is 1.74. The second-order valence-corrected chi connectivity index (χ2v) is 9.82. The van der Waals surface area contributed by atoms with Crippen molar-refractivity contribution < 1.29 is 19.0 Å². The number of esters is 1. The highest BCUT2D eigenvalue weighted by atomic mass is 32.1. The molecule has 3 aromatic rings. The van der Waals surface area contributed by atoms with E-state index in [9.17, 15) is 4.79 Å². The maximum atomic E-state index is 13.5. The molecule has 0 unspecified atom stereocenters. The number of benzene rings is 1. The average Bonchev–Trinajstić information content (AvgIpc) is 3.22. The van der Waals surface area contributed by atoms with Gasteiger partial charge in [-0.05, 0) is 56.7 Å². The van der Waals surface area contributed by atoms with Crippen LogP contribution in [0.25, 0.3) is 21.3 Å². The fourth-order valence-corrected chi connectivity index (χ4v) is 6.11. The van der Waals surface area contributed by atoms with E-state index in [1.165, 1.54) is 10.4 Å². The number of carbonyl (C=O) groups is 1. The lowest BCUT2D eigenvalue weighted by molar-refractivity contribution is 0.0524. The van der Waals surface area contributed by atoms with Crippen LogP contribution in [0.15, 0.2) is 18.2 Å². The first-order chi connectivity index (χ1) is 16.9. The van der Waals surface area contributed by atoms with Gasteiger partial charge in [0.05, 0.1) is 32.1 Å². The van der Waals surface area contributed by atoms with Gasteiger partial charge in [-0.15, -0.1) is 11.3 Å². The Morgan fingerprint density at radius 3 is 2.54 bits per heavy atom. The number of fused-ring (bicyclic) bond motifs is 3. The molecule has 0 saturated carbocycles. The second kappa shape index (κ2) is 10.9. The van der Waals surface area contributed by atoms with E-state index in [0.29, 0.717) is 30.2 Å². The molecule has 2 aromatic heterocycles. The Hall–Kier alpha value is -2.68. The molecule has 8 heteroatoms. The molecule has 0 N–H and O–H groups in total. The van der Waals surface area contributed by atoms with Gasteiger partial charge in [0.1, 0.15) is 4.83 Å². The van der Waals surface area contributed by atoms with E-state index in [-0.39, 0.29) is 5.97 Å². The molecule has 0 spiro atoms. The summed E-state index contributed by atoms with van der Waals surface area (Å²) in [6.07, 6.45) is 0.922. The van der Waals surface area contributed by atoms with Crippen molar-refractivity contribution in [2.45, 2.75) is 40.3 Å². The van der Waals surface area contributed by atoms with Crippen LogP contribution in [0.4, 0.5) is 0 Å². The molecular weight excluding hydrogens is 462 g/mol. The number of rotatable bonds is 9. The maximum Gasteiger partial charge on any atom is 0.340 e. The molecule has 0 atom stereocenters. The van der Waals surface area contributed by atoms with Crippen LogP contribution in [-0.4, -0.2) is 68.3 Å². The molecule has 3 heterocycles. The minimum absolute atomic E-state index is 0.305. The molecule has 188 valence electrons. The number of carbonyl (C=O) groups excluding carboxylic acids is 1. The van der Waals surface area contributed by atoms with Crippen LogP contribution in [0.2, 0.25) is 0 Å². The minimum Gasteiger partial charge on any atom is -0.493 e. The van der Waals surface area contributed by atoms with Crippen molar-refractivity contribution in [2.75, 3.05) is 47.5 Å². The second-order valence-electron chi connectivity index (χ2n) is 8.73. The molecule has 0 aliphatic carbocycles. The van der Waals surface area contributed by atoms with Crippen molar-refractivity contribution in [1.82, 2.24) is 14.8 Å². The molecule has 4 rings (SSSR count). The number of pyridine rings is 1. The van der Waals surface area contributed by atoms with Gasteiger partial charge in [0.2, 0.25) is 0 Å². The first kappa shape index (κ1) is 25.4. The Bertz CT molecular complexity index is 1220. The highest BCUT2D eigenvalue weighted by Crippen LogP contribution is 2.44. The summed E-state index contributed by atoms with van der Waals surface area (Å²) in [6.45, 7) is 10.6. The lowest BCUT2D eigenvalue weighted by Gasteiger charge is -2.24. The molecule has 1 aromatic carbocycles. The van der Waals surface area contributed by atoms with E-state index < -0.39 is 0 Å². The highest BCUT2D eigenvalue weighted by Gasteiger charge is 2.30. The first-order valence-corrected chi connectivity index (χ1v) is 13.0. The number of ether oxygens (including phenoxy) is 3. The summed E-state index contributed by atoms with van der Waals surface area (Å²) < 4.78 is 16.7. The quantitative estimate of drug-likeness (QED) is 0.386. The number of aromatic nitrogens is 1. The van der Waals surface area contributed by atoms with Crippen molar-refractivity contribution >= 4 is 27.5 Å². The summed E-state index contributed by atoms with van der Waals surface area (Å²) in [4.78, 5) is 25.5. The Balaban J connectivity index is 2.08. The lowest BCUT2D eigenvalue weighted by atomic mass is 9.91. The average molecular weight is 498 g/mol. The molecule has 0 radical (unpaired) electrons. The topological polar surface area (TPSA) is 64.1 Å². The Morgan fingerprint density at radius 1 is 1.14 bits per heavy atom. The maximum absolute atomic E-state index is 13.5. The Morgan fingerprint density at radius 2 is 1.89 bits per heavy atom.